The molecule has 1 heterocycles. The zero-order chi connectivity index (χ0) is 16.3. The zero-order valence-corrected chi connectivity index (χ0v) is 13.2. The van der Waals surface area contributed by atoms with Gasteiger partial charge in [-0.1, -0.05) is 24.2 Å². The average Bonchev–Trinajstić information content (AvgIpc) is 2.86. The molecule has 1 saturated carbocycles. The maximum Gasteiger partial charge on any atom is 0.350 e. The van der Waals surface area contributed by atoms with E-state index in [1.54, 1.807) is 6.92 Å². The molecular formula is C14H18N2O5S. The number of amides is 1. The Morgan fingerprint density at radius 3 is 2.50 bits per heavy atom. The van der Waals surface area contributed by atoms with Crippen LogP contribution in [0.3, 0.4) is 0 Å². The lowest BCUT2D eigenvalue weighted by atomic mass is 9.79. The van der Waals surface area contributed by atoms with Crippen molar-refractivity contribution in [2.45, 2.75) is 32.6 Å². The number of thiazole rings is 1. The molecule has 1 fully saturated rings. The van der Waals surface area contributed by atoms with Crippen LogP contribution < -0.4 is 5.32 Å². The van der Waals surface area contributed by atoms with Crippen LogP contribution in [0.1, 0.15) is 41.0 Å². The molecule has 7 nitrogen and oxygen atoms in total. The van der Waals surface area contributed by atoms with Crippen molar-refractivity contribution in [2.24, 2.45) is 11.8 Å². The summed E-state index contributed by atoms with van der Waals surface area (Å²) in [4.78, 5) is 39.6. The molecule has 22 heavy (non-hydrogen) atoms. The van der Waals surface area contributed by atoms with Crippen LogP contribution in [0.25, 0.3) is 0 Å². The van der Waals surface area contributed by atoms with Crippen LogP contribution in [0.5, 0.6) is 0 Å². The molecule has 2 N–H and O–H groups in total. The minimum absolute atomic E-state index is 0.289. The van der Waals surface area contributed by atoms with Gasteiger partial charge in [0.2, 0.25) is 5.91 Å². The predicted molar refractivity (Wildman–Crippen MR) is 79.9 cm³/mol. The molecule has 1 aliphatic carbocycles. The van der Waals surface area contributed by atoms with E-state index in [1.807, 2.05) is 0 Å². The van der Waals surface area contributed by atoms with Crippen LogP contribution in [-0.4, -0.2) is 35.0 Å². The third kappa shape index (κ3) is 3.44. The number of rotatable bonds is 4. The highest BCUT2D eigenvalue weighted by Gasteiger charge is 2.36. The van der Waals surface area contributed by atoms with Gasteiger partial charge in [-0.15, -0.1) is 0 Å². The van der Waals surface area contributed by atoms with Gasteiger partial charge in [0.1, 0.15) is 4.88 Å². The molecule has 0 radical (unpaired) electrons. The number of carbonyl (C=O) groups excluding carboxylic acids is 2. The second-order valence-electron chi connectivity index (χ2n) is 5.25. The maximum atomic E-state index is 12.3. The van der Waals surface area contributed by atoms with Gasteiger partial charge in [-0.25, -0.2) is 9.78 Å². The first-order chi connectivity index (χ1) is 10.4. The molecule has 1 aromatic heterocycles. The fraction of sp³-hybridized carbons (Fsp3) is 0.571. The van der Waals surface area contributed by atoms with E-state index in [9.17, 15) is 19.5 Å². The number of nitrogens with zero attached hydrogens (tertiary/aromatic N) is 1. The molecule has 120 valence electrons. The van der Waals surface area contributed by atoms with Crippen LogP contribution in [-0.2, 0) is 14.3 Å². The van der Waals surface area contributed by atoms with E-state index in [0.717, 1.165) is 24.2 Å². The molecule has 0 saturated heterocycles. The highest BCUT2D eigenvalue weighted by atomic mass is 32.1. The number of carboxylic acid groups (broad SMARTS) is 1. The van der Waals surface area contributed by atoms with Gasteiger partial charge in [0, 0.05) is 0 Å². The molecule has 0 aromatic carbocycles. The zero-order valence-electron chi connectivity index (χ0n) is 12.4. The van der Waals surface area contributed by atoms with E-state index in [4.69, 9.17) is 0 Å². The number of carbonyl (C=O) groups is 3. The molecule has 2 rings (SSSR count). The lowest BCUT2D eigenvalue weighted by Crippen LogP contribution is -2.36. The maximum absolute atomic E-state index is 12.3. The number of methoxy groups -OCH3 is 1. The number of ether oxygens (including phenoxy) is 1. The first-order valence-electron chi connectivity index (χ1n) is 7.03. The number of aliphatic carboxylic acids is 1. The second kappa shape index (κ2) is 6.87. The molecule has 1 amide bonds. The summed E-state index contributed by atoms with van der Waals surface area (Å²) in [6.45, 7) is 1.65. The Morgan fingerprint density at radius 1 is 1.27 bits per heavy atom. The Hall–Kier alpha value is -1.96. The van der Waals surface area contributed by atoms with Gasteiger partial charge in [-0.2, -0.15) is 0 Å². The number of carboxylic acids is 1. The van der Waals surface area contributed by atoms with Crippen LogP contribution in [0.15, 0.2) is 0 Å². The third-order valence-electron chi connectivity index (χ3n) is 3.82. The summed E-state index contributed by atoms with van der Waals surface area (Å²) >= 11 is 1.03. The second-order valence-corrected chi connectivity index (χ2v) is 6.25. The molecular weight excluding hydrogens is 308 g/mol. The van der Waals surface area contributed by atoms with Crippen LogP contribution in [0.4, 0.5) is 5.13 Å². The third-order valence-corrected chi connectivity index (χ3v) is 4.87. The molecule has 2 unspecified atom stereocenters. The van der Waals surface area contributed by atoms with Gasteiger partial charge in [0.25, 0.3) is 0 Å². The largest absolute Gasteiger partial charge is 0.481 e. The van der Waals surface area contributed by atoms with Gasteiger partial charge in [0.05, 0.1) is 24.6 Å². The molecule has 1 aliphatic rings. The number of aromatic nitrogens is 1. The normalized spacial score (nSPS) is 21.2. The summed E-state index contributed by atoms with van der Waals surface area (Å²) < 4.78 is 4.64. The summed E-state index contributed by atoms with van der Waals surface area (Å²) in [7, 11) is 1.28. The highest BCUT2D eigenvalue weighted by molar-refractivity contribution is 7.17. The Bertz CT molecular complexity index is 598. The minimum Gasteiger partial charge on any atom is -0.481 e. The monoisotopic (exact) mass is 326 g/mol. The van der Waals surface area contributed by atoms with E-state index in [2.05, 4.69) is 15.0 Å². The summed E-state index contributed by atoms with van der Waals surface area (Å²) in [5, 5.41) is 12.1. The number of esters is 1. The standard InChI is InChI=1S/C14H18N2O5S/c1-7-10(13(20)21-2)22-14(15-7)16-11(17)8-5-3-4-6-9(8)12(18)19/h8-9H,3-6H2,1-2H3,(H,18,19)(H,15,16,17). The van der Waals surface area contributed by atoms with Crippen molar-refractivity contribution in [3.05, 3.63) is 10.6 Å². The van der Waals surface area contributed by atoms with Gasteiger partial charge < -0.3 is 15.2 Å². The SMILES string of the molecule is COC(=O)c1sc(NC(=O)C2CCCCC2C(=O)O)nc1C. The van der Waals surface area contributed by atoms with Gasteiger partial charge in [0.15, 0.2) is 5.13 Å². The Labute approximate surface area is 131 Å². The molecule has 0 bridgehead atoms. The van der Waals surface area contributed by atoms with Gasteiger partial charge in [-0.05, 0) is 19.8 Å². The molecule has 8 heteroatoms. The topological polar surface area (TPSA) is 106 Å². The quantitative estimate of drug-likeness (QED) is 0.821. The number of nitrogens with one attached hydrogen (secondary N) is 1. The van der Waals surface area contributed by atoms with E-state index in [0.29, 0.717) is 23.4 Å². The van der Waals surface area contributed by atoms with E-state index < -0.39 is 23.8 Å². The summed E-state index contributed by atoms with van der Waals surface area (Å²) in [5.41, 5.74) is 0.477. The van der Waals surface area contributed by atoms with Crippen molar-refractivity contribution >= 4 is 34.3 Å². The Balaban J connectivity index is 2.11. The number of anilines is 1. The molecule has 0 aliphatic heterocycles. The smallest absolute Gasteiger partial charge is 0.350 e. The summed E-state index contributed by atoms with van der Waals surface area (Å²) in [6, 6.07) is 0. The predicted octanol–water partition coefficient (Wildman–Crippen LogP) is 2.07. The number of aryl methyl sites for hydroxylation is 1. The lowest BCUT2D eigenvalue weighted by molar-refractivity contribution is -0.147. The van der Waals surface area contributed by atoms with E-state index in [1.165, 1.54) is 7.11 Å². The fourth-order valence-electron chi connectivity index (χ4n) is 2.67. The summed E-state index contributed by atoms with van der Waals surface area (Å²) in [5.74, 6) is -3.01. The highest BCUT2D eigenvalue weighted by Crippen LogP contribution is 2.32. The number of hydrogen-bond acceptors (Lipinski definition) is 6. The minimum atomic E-state index is -0.939. The molecule has 0 spiro atoms. The first-order valence-corrected chi connectivity index (χ1v) is 7.85. The lowest BCUT2D eigenvalue weighted by Gasteiger charge is -2.26. The van der Waals surface area contributed by atoms with Crippen molar-refractivity contribution in [3.63, 3.8) is 0 Å². The van der Waals surface area contributed by atoms with Crippen molar-refractivity contribution in [3.8, 4) is 0 Å². The first kappa shape index (κ1) is 16.4. The summed E-state index contributed by atoms with van der Waals surface area (Å²) in [6.07, 6.45) is 2.73. The van der Waals surface area contributed by atoms with Crippen molar-refractivity contribution in [1.29, 1.82) is 0 Å². The van der Waals surface area contributed by atoms with Crippen molar-refractivity contribution in [2.75, 3.05) is 12.4 Å². The van der Waals surface area contributed by atoms with Gasteiger partial charge >= 0.3 is 11.9 Å². The van der Waals surface area contributed by atoms with Crippen molar-refractivity contribution in [1.82, 2.24) is 4.98 Å². The Morgan fingerprint density at radius 2 is 1.91 bits per heavy atom. The average molecular weight is 326 g/mol. The Kier molecular flexibility index (Phi) is 5.12. The molecule has 1 aromatic rings. The van der Waals surface area contributed by atoms with Crippen LogP contribution >= 0.6 is 11.3 Å². The van der Waals surface area contributed by atoms with Crippen LogP contribution in [0, 0.1) is 18.8 Å². The van der Waals surface area contributed by atoms with E-state index >= 15 is 0 Å². The molecule has 2 atom stereocenters. The van der Waals surface area contributed by atoms with Crippen molar-refractivity contribution < 1.29 is 24.2 Å². The number of hydrogen-bond donors (Lipinski definition) is 2. The van der Waals surface area contributed by atoms with Gasteiger partial charge in [-0.3, -0.25) is 9.59 Å². The fourth-order valence-corrected chi connectivity index (χ4v) is 3.56. The van der Waals surface area contributed by atoms with E-state index in [-0.39, 0.29) is 11.0 Å². The van der Waals surface area contributed by atoms with Crippen LogP contribution in [0.2, 0.25) is 0 Å².